The van der Waals surface area contributed by atoms with Crippen molar-refractivity contribution in [3.63, 3.8) is 0 Å². The summed E-state index contributed by atoms with van der Waals surface area (Å²) in [6, 6.07) is 16.0. The number of benzene rings is 2. The lowest BCUT2D eigenvalue weighted by Crippen LogP contribution is -2.42. The monoisotopic (exact) mass is 297 g/mol. The first-order valence-corrected chi connectivity index (χ1v) is 7.32. The van der Waals surface area contributed by atoms with Crippen LogP contribution in [0.3, 0.4) is 0 Å². The quantitative estimate of drug-likeness (QED) is 0.926. The molecule has 4 heteroatoms. The fourth-order valence-electron chi connectivity index (χ4n) is 2.82. The summed E-state index contributed by atoms with van der Waals surface area (Å²) in [4.78, 5) is 2.26. The van der Waals surface area contributed by atoms with Gasteiger partial charge in [-0.2, -0.15) is 5.26 Å². The second-order valence-electron chi connectivity index (χ2n) is 5.39. The number of anilines is 1. The van der Waals surface area contributed by atoms with Gasteiger partial charge in [0.05, 0.1) is 11.6 Å². The highest BCUT2D eigenvalue weighted by Crippen LogP contribution is 2.29. The van der Waals surface area contributed by atoms with E-state index >= 15 is 0 Å². The van der Waals surface area contributed by atoms with Crippen LogP contribution >= 0.6 is 11.6 Å². The molecule has 2 aromatic carbocycles. The second kappa shape index (κ2) is 5.77. The smallest absolute Gasteiger partial charge is 0.0992 e. The number of fused-ring (bicyclic) bond motifs is 1. The Morgan fingerprint density at radius 3 is 2.86 bits per heavy atom. The third kappa shape index (κ3) is 2.87. The molecule has 3 rings (SSSR count). The molecule has 0 aliphatic carbocycles. The fourth-order valence-corrected chi connectivity index (χ4v) is 3.06. The van der Waals surface area contributed by atoms with E-state index in [0.29, 0.717) is 17.1 Å². The molecule has 0 aromatic heterocycles. The summed E-state index contributed by atoms with van der Waals surface area (Å²) in [7, 11) is 0. The van der Waals surface area contributed by atoms with Crippen LogP contribution in [0.2, 0.25) is 5.02 Å². The zero-order chi connectivity index (χ0) is 14.8. The van der Waals surface area contributed by atoms with Crippen molar-refractivity contribution in [3.8, 4) is 6.07 Å². The van der Waals surface area contributed by atoms with Gasteiger partial charge < -0.3 is 10.6 Å². The number of nitrogens with zero attached hydrogens (tertiary/aromatic N) is 2. The molecule has 0 amide bonds. The fraction of sp³-hybridized carbons (Fsp3) is 0.235. The van der Waals surface area contributed by atoms with Gasteiger partial charge in [0.15, 0.2) is 0 Å². The highest BCUT2D eigenvalue weighted by molar-refractivity contribution is 6.31. The van der Waals surface area contributed by atoms with Gasteiger partial charge in [0.2, 0.25) is 0 Å². The maximum atomic E-state index is 8.90. The van der Waals surface area contributed by atoms with Crippen LogP contribution < -0.4 is 10.6 Å². The summed E-state index contributed by atoms with van der Waals surface area (Å²) in [5, 5.41) is 9.53. The van der Waals surface area contributed by atoms with Gasteiger partial charge in [-0.15, -0.1) is 0 Å². The third-order valence-electron chi connectivity index (χ3n) is 3.81. The van der Waals surface area contributed by atoms with Crippen LogP contribution in [0.25, 0.3) is 0 Å². The topological polar surface area (TPSA) is 53.0 Å². The van der Waals surface area contributed by atoms with Gasteiger partial charge in [-0.1, -0.05) is 35.9 Å². The molecule has 2 N–H and O–H groups in total. The molecule has 106 valence electrons. The van der Waals surface area contributed by atoms with Gasteiger partial charge in [0.25, 0.3) is 0 Å². The van der Waals surface area contributed by atoms with Crippen LogP contribution in [0.1, 0.15) is 16.7 Å². The van der Waals surface area contributed by atoms with Crippen molar-refractivity contribution < 1.29 is 0 Å². The molecule has 0 saturated heterocycles. The Bertz CT molecular complexity index is 705. The minimum Gasteiger partial charge on any atom is -0.365 e. The Balaban J connectivity index is 1.90. The van der Waals surface area contributed by atoms with Crippen LogP contribution in [0.4, 0.5) is 5.69 Å². The lowest BCUT2D eigenvalue weighted by atomic mass is 9.98. The van der Waals surface area contributed by atoms with Crippen LogP contribution in [-0.4, -0.2) is 12.6 Å². The molecule has 1 heterocycles. The van der Waals surface area contributed by atoms with Crippen molar-refractivity contribution >= 4 is 17.3 Å². The van der Waals surface area contributed by atoms with Gasteiger partial charge >= 0.3 is 0 Å². The normalized spacial score (nSPS) is 17.2. The first-order valence-electron chi connectivity index (χ1n) is 6.94. The van der Waals surface area contributed by atoms with Crippen molar-refractivity contribution in [1.82, 2.24) is 0 Å². The summed E-state index contributed by atoms with van der Waals surface area (Å²) in [5.74, 6) is 0. The number of halogens is 1. The van der Waals surface area contributed by atoms with Crippen molar-refractivity contribution in [2.24, 2.45) is 5.73 Å². The number of rotatable bonds is 2. The average Bonchev–Trinajstić information content (AvgIpc) is 2.49. The lowest BCUT2D eigenvalue weighted by molar-refractivity contribution is 0.599. The van der Waals surface area contributed by atoms with E-state index in [1.54, 1.807) is 12.1 Å². The third-order valence-corrected chi connectivity index (χ3v) is 4.16. The molecular formula is C17H16ClN3. The standard InChI is InChI=1S/C17H16ClN3/c18-16-7-12(9-19)5-6-14(16)10-21-11-15(20)8-13-3-1-2-4-17(13)21/h1-7,15H,8,10-11,20H2. The van der Waals surface area contributed by atoms with Gasteiger partial charge in [-0.3, -0.25) is 0 Å². The van der Waals surface area contributed by atoms with Gasteiger partial charge in [-0.25, -0.2) is 0 Å². The number of para-hydroxylation sites is 1. The summed E-state index contributed by atoms with van der Waals surface area (Å²) in [6.07, 6.45) is 0.910. The molecular weight excluding hydrogens is 282 g/mol. The van der Waals surface area contributed by atoms with Crippen molar-refractivity contribution in [3.05, 3.63) is 64.2 Å². The van der Waals surface area contributed by atoms with Crippen LogP contribution in [-0.2, 0) is 13.0 Å². The number of nitrogens with two attached hydrogens (primary N) is 1. The number of nitriles is 1. The summed E-state index contributed by atoms with van der Waals surface area (Å²) < 4.78 is 0. The molecule has 3 nitrogen and oxygen atoms in total. The van der Waals surface area contributed by atoms with E-state index in [1.807, 2.05) is 18.2 Å². The Labute approximate surface area is 129 Å². The molecule has 0 saturated carbocycles. The zero-order valence-electron chi connectivity index (χ0n) is 11.6. The van der Waals surface area contributed by atoms with E-state index < -0.39 is 0 Å². The summed E-state index contributed by atoms with van der Waals surface area (Å²) in [6.45, 7) is 1.52. The Morgan fingerprint density at radius 1 is 1.29 bits per heavy atom. The van der Waals surface area contributed by atoms with Crippen molar-refractivity contribution in [2.75, 3.05) is 11.4 Å². The molecule has 21 heavy (non-hydrogen) atoms. The maximum Gasteiger partial charge on any atom is 0.0992 e. The highest BCUT2D eigenvalue weighted by atomic mass is 35.5. The molecule has 1 atom stereocenters. The van der Waals surface area contributed by atoms with Crippen molar-refractivity contribution in [1.29, 1.82) is 5.26 Å². The van der Waals surface area contributed by atoms with E-state index in [9.17, 15) is 0 Å². The summed E-state index contributed by atoms with van der Waals surface area (Å²) >= 11 is 6.28. The minimum atomic E-state index is 0.136. The van der Waals surface area contributed by atoms with Crippen molar-refractivity contribution in [2.45, 2.75) is 19.0 Å². The van der Waals surface area contributed by atoms with E-state index in [-0.39, 0.29) is 6.04 Å². The van der Waals surface area contributed by atoms with E-state index in [2.05, 4.69) is 23.1 Å². The van der Waals surface area contributed by atoms with Crippen LogP contribution in [0.5, 0.6) is 0 Å². The maximum absolute atomic E-state index is 8.90. The average molecular weight is 298 g/mol. The molecule has 0 bridgehead atoms. The van der Waals surface area contributed by atoms with Crippen LogP contribution in [0.15, 0.2) is 42.5 Å². The van der Waals surface area contributed by atoms with Gasteiger partial charge in [0, 0.05) is 29.8 Å². The summed E-state index contributed by atoms with van der Waals surface area (Å²) in [5.41, 5.74) is 10.3. The predicted octanol–water partition coefficient (Wildman–Crippen LogP) is 3.10. The highest BCUT2D eigenvalue weighted by Gasteiger charge is 2.22. The number of hydrogen-bond donors (Lipinski definition) is 1. The SMILES string of the molecule is N#Cc1ccc(CN2CC(N)Cc3ccccc32)c(Cl)c1. The molecule has 1 unspecified atom stereocenters. The largest absolute Gasteiger partial charge is 0.365 e. The van der Waals surface area contributed by atoms with E-state index in [0.717, 1.165) is 18.5 Å². The minimum absolute atomic E-state index is 0.136. The van der Waals surface area contributed by atoms with E-state index in [1.165, 1.54) is 11.3 Å². The second-order valence-corrected chi connectivity index (χ2v) is 5.80. The Morgan fingerprint density at radius 2 is 2.10 bits per heavy atom. The molecule has 1 aliphatic heterocycles. The van der Waals surface area contributed by atoms with Gasteiger partial charge in [0.1, 0.15) is 0 Å². The first-order chi connectivity index (χ1) is 10.2. The molecule has 2 aromatic rings. The predicted molar refractivity (Wildman–Crippen MR) is 85.3 cm³/mol. The number of hydrogen-bond acceptors (Lipinski definition) is 3. The van der Waals surface area contributed by atoms with Crippen LogP contribution in [0, 0.1) is 11.3 Å². The molecule has 1 aliphatic rings. The lowest BCUT2D eigenvalue weighted by Gasteiger charge is -2.35. The Kier molecular flexibility index (Phi) is 3.83. The van der Waals surface area contributed by atoms with E-state index in [4.69, 9.17) is 22.6 Å². The molecule has 0 spiro atoms. The molecule has 0 fully saturated rings. The Hall–Kier alpha value is -2.02. The van der Waals surface area contributed by atoms with Gasteiger partial charge in [-0.05, 0) is 35.7 Å². The molecule has 0 radical (unpaired) electrons. The first kappa shape index (κ1) is 13.9. The zero-order valence-corrected chi connectivity index (χ0v) is 12.3.